The molecule has 4 rings (SSSR count). The fourth-order valence-corrected chi connectivity index (χ4v) is 5.35. The molecule has 2 aromatic carbocycles. The minimum absolute atomic E-state index is 0.183. The second-order valence-electron chi connectivity index (χ2n) is 8.15. The number of hydrogen-bond donors (Lipinski definition) is 1. The average Bonchev–Trinajstić information content (AvgIpc) is 3.48. The highest BCUT2D eigenvalue weighted by Crippen LogP contribution is 2.22. The van der Waals surface area contributed by atoms with Gasteiger partial charge in [0.25, 0.3) is 5.91 Å². The molecule has 0 atom stereocenters. The number of carbonyl (C=O) groups excluding carboxylic acids is 2. The van der Waals surface area contributed by atoms with Gasteiger partial charge in [0.15, 0.2) is 6.61 Å². The number of benzene rings is 2. The molecule has 1 aliphatic heterocycles. The Bertz CT molecular complexity index is 1290. The maximum Gasteiger partial charge on any atom is 0.338 e. The molecule has 0 unspecified atom stereocenters. The molecule has 0 aliphatic carbocycles. The van der Waals surface area contributed by atoms with Crippen molar-refractivity contribution in [2.45, 2.75) is 31.6 Å². The van der Waals surface area contributed by atoms with Crippen molar-refractivity contribution < 1.29 is 22.7 Å². The van der Waals surface area contributed by atoms with E-state index in [1.165, 1.54) is 28.6 Å². The van der Waals surface area contributed by atoms with Crippen LogP contribution in [0.1, 0.15) is 34.6 Å². The molecule has 10 heteroatoms. The van der Waals surface area contributed by atoms with Gasteiger partial charge in [-0.3, -0.25) is 4.79 Å². The molecule has 0 spiro atoms. The summed E-state index contributed by atoms with van der Waals surface area (Å²) in [5, 5.41) is 7.00. The Balaban J connectivity index is 1.30. The molecule has 1 fully saturated rings. The third kappa shape index (κ3) is 5.18. The number of nitrogens with zero attached hydrogens (tertiary/aromatic N) is 3. The zero-order chi connectivity index (χ0) is 24.3. The van der Waals surface area contributed by atoms with Crippen LogP contribution in [-0.2, 0) is 19.6 Å². The predicted octanol–water partition coefficient (Wildman–Crippen LogP) is 3.07. The van der Waals surface area contributed by atoms with Crippen LogP contribution in [0.15, 0.2) is 59.5 Å². The number of carbonyl (C=O) groups is 2. The highest BCUT2D eigenvalue weighted by molar-refractivity contribution is 7.89. The highest BCUT2D eigenvalue weighted by atomic mass is 32.2. The van der Waals surface area contributed by atoms with Gasteiger partial charge in [-0.1, -0.05) is 0 Å². The molecule has 34 heavy (non-hydrogen) atoms. The summed E-state index contributed by atoms with van der Waals surface area (Å²) < 4.78 is 33.5. The SMILES string of the molecule is Cc1cc(C)n(-c2ccc(C(=O)OCC(=O)Nc3ccc(S(=O)(=O)N4CCCC4)cc3)cc2)n1. The van der Waals surface area contributed by atoms with Gasteiger partial charge in [-0.25, -0.2) is 17.9 Å². The van der Waals surface area contributed by atoms with Crippen LogP contribution in [-0.4, -0.2) is 54.1 Å². The number of nitrogens with one attached hydrogen (secondary N) is 1. The largest absolute Gasteiger partial charge is 0.452 e. The first-order valence-corrected chi connectivity index (χ1v) is 12.4. The zero-order valence-electron chi connectivity index (χ0n) is 19.0. The molecule has 0 bridgehead atoms. The van der Waals surface area contributed by atoms with Gasteiger partial charge in [0.2, 0.25) is 10.0 Å². The molecule has 9 nitrogen and oxygen atoms in total. The van der Waals surface area contributed by atoms with E-state index < -0.39 is 28.5 Å². The first-order chi connectivity index (χ1) is 16.2. The Kier molecular flexibility index (Phi) is 6.80. The first-order valence-electron chi connectivity index (χ1n) is 10.9. The van der Waals surface area contributed by atoms with Crippen molar-refractivity contribution in [1.29, 1.82) is 0 Å². The van der Waals surface area contributed by atoms with Crippen molar-refractivity contribution in [2.24, 2.45) is 0 Å². The van der Waals surface area contributed by atoms with Crippen molar-refractivity contribution in [3.05, 3.63) is 71.5 Å². The summed E-state index contributed by atoms with van der Waals surface area (Å²) in [6, 6.07) is 14.7. The number of aromatic nitrogens is 2. The van der Waals surface area contributed by atoms with E-state index in [0.29, 0.717) is 24.3 Å². The number of esters is 1. The lowest BCUT2D eigenvalue weighted by atomic mass is 10.2. The summed E-state index contributed by atoms with van der Waals surface area (Å²) in [7, 11) is -3.51. The molecule has 1 N–H and O–H groups in total. The third-order valence-corrected chi connectivity index (χ3v) is 7.45. The molecular formula is C24H26N4O5S. The zero-order valence-corrected chi connectivity index (χ0v) is 19.8. The van der Waals surface area contributed by atoms with Gasteiger partial charge < -0.3 is 10.1 Å². The quantitative estimate of drug-likeness (QED) is 0.518. The summed E-state index contributed by atoms with van der Waals surface area (Å²) in [5.74, 6) is -1.15. The van der Waals surface area contributed by atoms with E-state index in [9.17, 15) is 18.0 Å². The summed E-state index contributed by atoms with van der Waals surface area (Å²) in [4.78, 5) is 24.7. The van der Waals surface area contributed by atoms with Gasteiger partial charge in [0.05, 0.1) is 21.8 Å². The fourth-order valence-electron chi connectivity index (χ4n) is 3.83. The van der Waals surface area contributed by atoms with Crippen LogP contribution in [0, 0.1) is 13.8 Å². The van der Waals surface area contributed by atoms with Crippen LogP contribution < -0.4 is 5.32 Å². The highest BCUT2D eigenvalue weighted by Gasteiger charge is 2.27. The van der Waals surface area contributed by atoms with Crippen molar-refractivity contribution in [3.63, 3.8) is 0 Å². The van der Waals surface area contributed by atoms with Crippen molar-refractivity contribution in [1.82, 2.24) is 14.1 Å². The van der Waals surface area contributed by atoms with Gasteiger partial charge in [-0.15, -0.1) is 0 Å². The van der Waals surface area contributed by atoms with Crippen molar-refractivity contribution in [3.8, 4) is 5.69 Å². The Labute approximate surface area is 198 Å². The Morgan fingerprint density at radius 1 is 1.00 bits per heavy atom. The Hall–Kier alpha value is -3.50. The molecule has 3 aromatic rings. The maximum atomic E-state index is 12.6. The van der Waals surface area contributed by atoms with Gasteiger partial charge in [0, 0.05) is 24.5 Å². The van der Waals surface area contributed by atoms with E-state index >= 15 is 0 Å². The van der Waals surface area contributed by atoms with Gasteiger partial charge in [0.1, 0.15) is 0 Å². The number of anilines is 1. The van der Waals surface area contributed by atoms with Crippen LogP contribution in [0.25, 0.3) is 5.69 Å². The summed E-state index contributed by atoms with van der Waals surface area (Å²) >= 11 is 0. The number of sulfonamides is 1. The minimum atomic E-state index is -3.51. The molecule has 0 radical (unpaired) electrons. The van der Waals surface area contributed by atoms with E-state index in [2.05, 4.69) is 10.4 Å². The van der Waals surface area contributed by atoms with E-state index in [1.54, 1.807) is 28.9 Å². The summed E-state index contributed by atoms with van der Waals surface area (Å²) in [5.41, 5.74) is 3.42. The second kappa shape index (κ2) is 9.78. The topological polar surface area (TPSA) is 111 Å². The lowest BCUT2D eigenvalue weighted by Gasteiger charge is -2.15. The van der Waals surface area contributed by atoms with Crippen molar-refractivity contribution in [2.75, 3.05) is 25.0 Å². The van der Waals surface area contributed by atoms with Crippen LogP contribution >= 0.6 is 0 Å². The minimum Gasteiger partial charge on any atom is -0.452 e. The third-order valence-electron chi connectivity index (χ3n) is 5.53. The molecule has 1 saturated heterocycles. The van der Waals surface area contributed by atoms with Crippen LogP contribution in [0.5, 0.6) is 0 Å². The number of hydrogen-bond acceptors (Lipinski definition) is 6. The normalized spacial score (nSPS) is 14.2. The molecule has 0 saturated carbocycles. The lowest BCUT2D eigenvalue weighted by molar-refractivity contribution is -0.119. The van der Waals surface area contributed by atoms with E-state index in [-0.39, 0.29) is 4.90 Å². The molecular weight excluding hydrogens is 456 g/mol. The average molecular weight is 483 g/mol. The molecule has 178 valence electrons. The Morgan fingerprint density at radius 3 is 2.24 bits per heavy atom. The second-order valence-corrected chi connectivity index (χ2v) is 10.1. The van der Waals surface area contributed by atoms with E-state index in [1.807, 2.05) is 19.9 Å². The molecule has 1 amide bonds. The van der Waals surface area contributed by atoms with Crippen LogP contribution in [0.4, 0.5) is 5.69 Å². The number of amides is 1. The first kappa shape index (κ1) is 23.7. The van der Waals surface area contributed by atoms with Crippen molar-refractivity contribution >= 4 is 27.6 Å². The monoisotopic (exact) mass is 482 g/mol. The smallest absolute Gasteiger partial charge is 0.338 e. The van der Waals surface area contributed by atoms with Crippen LogP contribution in [0.3, 0.4) is 0 Å². The van der Waals surface area contributed by atoms with Gasteiger partial charge in [-0.05, 0) is 81.3 Å². The number of aryl methyl sites for hydroxylation is 2. The number of ether oxygens (including phenoxy) is 1. The predicted molar refractivity (Wildman–Crippen MR) is 126 cm³/mol. The van der Waals surface area contributed by atoms with Gasteiger partial charge >= 0.3 is 5.97 Å². The number of rotatable bonds is 7. The summed E-state index contributed by atoms with van der Waals surface area (Å²) in [6.45, 7) is 4.44. The Morgan fingerprint density at radius 2 is 1.65 bits per heavy atom. The van der Waals surface area contributed by atoms with E-state index in [0.717, 1.165) is 29.9 Å². The summed E-state index contributed by atoms with van der Waals surface area (Å²) in [6.07, 6.45) is 1.72. The lowest BCUT2D eigenvalue weighted by Crippen LogP contribution is -2.27. The van der Waals surface area contributed by atoms with Crippen LogP contribution in [0.2, 0.25) is 0 Å². The fraction of sp³-hybridized carbons (Fsp3) is 0.292. The molecule has 2 heterocycles. The molecule has 1 aliphatic rings. The van der Waals surface area contributed by atoms with Gasteiger partial charge in [-0.2, -0.15) is 9.40 Å². The maximum absolute atomic E-state index is 12.6. The van der Waals surface area contributed by atoms with E-state index in [4.69, 9.17) is 4.74 Å². The molecule has 1 aromatic heterocycles. The standard InChI is InChI=1S/C24H26N4O5S/c1-17-15-18(2)28(26-17)21-9-5-19(6-10-21)24(30)33-16-23(29)25-20-7-11-22(12-8-20)34(31,32)27-13-3-4-14-27/h5-12,15H,3-4,13-14,16H2,1-2H3,(H,25,29).